The number of hydrogen-bond acceptors (Lipinski definition) is 5. The summed E-state index contributed by atoms with van der Waals surface area (Å²) >= 11 is 0. The molecule has 3 atom stereocenters. The van der Waals surface area contributed by atoms with Crippen molar-refractivity contribution in [1.82, 2.24) is 15.6 Å². The Morgan fingerprint density at radius 3 is 2.05 bits per heavy atom. The number of nitrogens with one attached hydrogen (secondary N) is 2. The average Bonchev–Trinajstić information content (AvgIpc) is 2.86. The van der Waals surface area contributed by atoms with E-state index in [1.54, 1.807) is 38.1 Å². The molecule has 2 amide bonds. The van der Waals surface area contributed by atoms with E-state index in [9.17, 15) is 31.2 Å². The lowest BCUT2D eigenvalue weighted by atomic mass is 9.79. The summed E-state index contributed by atoms with van der Waals surface area (Å²) in [5.41, 5.74) is 2.37. The highest BCUT2D eigenvalue weighted by molar-refractivity contribution is 7.91. The second-order valence-corrected chi connectivity index (χ2v) is 11.6. The van der Waals surface area contributed by atoms with Crippen LogP contribution in [0.5, 0.6) is 0 Å². The first-order valence-corrected chi connectivity index (χ1v) is 13.4. The molecule has 2 aliphatic rings. The number of rotatable bonds is 3. The fourth-order valence-electron chi connectivity index (χ4n) is 5.24. The third kappa shape index (κ3) is 4.44. The van der Waals surface area contributed by atoms with E-state index in [1.165, 1.54) is 36.7 Å². The van der Waals surface area contributed by atoms with Gasteiger partial charge in [-0.3, -0.25) is 14.6 Å². The molecule has 2 aromatic carbocycles. The van der Waals surface area contributed by atoms with Crippen LogP contribution in [0.2, 0.25) is 0 Å². The minimum atomic E-state index is -4.73. The Labute approximate surface area is 217 Å². The van der Waals surface area contributed by atoms with Crippen molar-refractivity contribution >= 4 is 21.7 Å². The predicted molar refractivity (Wildman–Crippen MR) is 131 cm³/mol. The number of pyridine rings is 1. The highest BCUT2D eigenvalue weighted by atomic mass is 32.2. The van der Waals surface area contributed by atoms with Gasteiger partial charge >= 0.3 is 6.18 Å². The van der Waals surface area contributed by atoms with Crippen molar-refractivity contribution in [2.24, 2.45) is 5.92 Å². The number of carbonyl (C=O) groups excluding carboxylic acids is 2. The van der Waals surface area contributed by atoms with E-state index < -0.39 is 51.7 Å². The smallest absolute Gasteiger partial charge is 0.344 e. The number of halogens is 3. The summed E-state index contributed by atoms with van der Waals surface area (Å²) < 4.78 is 68.3. The molecule has 2 aliphatic heterocycles. The van der Waals surface area contributed by atoms with Crippen molar-refractivity contribution in [3.63, 3.8) is 0 Å². The van der Waals surface area contributed by atoms with Gasteiger partial charge in [0.05, 0.1) is 15.8 Å². The van der Waals surface area contributed by atoms with Gasteiger partial charge in [-0.05, 0) is 72.4 Å². The molecule has 0 radical (unpaired) electrons. The predicted octanol–water partition coefficient (Wildman–Crippen LogP) is 3.90. The topological polar surface area (TPSA) is 105 Å². The van der Waals surface area contributed by atoms with Crippen LogP contribution in [0.1, 0.15) is 46.2 Å². The first-order valence-electron chi connectivity index (χ1n) is 11.9. The van der Waals surface area contributed by atoms with Crippen LogP contribution in [0.3, 0.4) is 0 Å². The van der Waals surface area contributed by atoms with Gasteiger partial charge < -0.3 is 10.6 Å². The van der Waals surface area contributed by atoms with Gasteiger partial charge in [-0.1, -0.05) is 24.3 Å². The van der Waals surface area contributed by atoms with Gasteiger partial charge in [0.15, 0.2) is 0 Å². The number of aryl methyl sites for hydroxylation is 2. The number of fused-ring (bicyclic) bond motifs is 2. The lowest BCUT2D eigenvalue weighted by molar-refractivity contribution is -0.175. The van der Waals surface area contributed by atoms with Crippen LogP contribution in [-0.4, -0.2) is 37.4 Å². The number of sulfone groups is 1. The fraction of sp³-hybridized carbons (Fsp3) is 0.296. The van der Waals surface area contributed by atoms with Crippen molar-refractivity contribution in [2.75, 3.05) is 0 Å². The van der Waals surface area contributed by atoms with E-state index in [1.807, 2.05) is 5.32 Å². The first kappa shape index (κ1) is 25.9. The molecular formula is C27H24F3N3O4S. The van der Waals surface area contributed by atoms with Gasteiger partial charge in [0.25, 0.3) is 0 Å². The first-order chi connectivity index (χ1) is 17.9. The summed E-state index contributed by atoms with van der Waals surface area (Å²) in [4.78, 5) is 30.3. The van der Waals surface area contributed by atoms with Crippen LogP contribution >= 0.6 is 0 Å². The molecule has 1 fully saturated rings. The molecule has 0 aliphatic carbocycles. The number of nitrogens with zero attached hydrogens (tertiary/aromatic N) is 1. The van der Waals surface area contributed by atoms with Gasteiger partial charge in [-0.15, -0.1) is 0 Å². The van der Waals surface area contributed by atoms with Crippen LogP contribution in [-0.2, 0) is 19.4 Å². The number of carbonyl (C=O) groups is 2. The minimum Gasteiger partial charge on any atom is -0.344 e. The Kier molecular flexibility index (Phi) is 6.29. The van der Waals surface area contributed by atoms with Crippen LogP contribution in [0.25, 0.3) is 0 Å². The molecule has 2 N–H and O–H groups in total. The van der Waals surface area contributed by atoms with Crippen molar-refractivity contribution in [3.05, 3.63) is 88.7 Å². The molecule has 0 saturated carbocycles. The maximum absolute atomic E-state index is 13.8. The quantitative estimate of drug-likeness (QED) is 0.488. The second kappa shape index (κ2) is 9.23. The van der Waals surface area contributed by atoms with E-state index in [0.717, 1.165) is 0 Å². The molecule has 1 aromatic heterocycles. The molecule has 38 heavy (non-hydrogen) atoms. The lowest BCUT2D eigenvalue weighted by Gasteiger charge is -2.38. The van der Waals surface area contributed by atoms with Gasteiger partial charge in [-0.2, -0.15) is 13.2 Å². The molecular weight excluding hydrogens is 519 g/mol. The summed E-state index contributed by atoms with van der Waals surface area (Å²) in [5, 5.41) is 4.77. The number of piperidine rings is 1. The molecule has 1 saturated heterocycles. The molecule has 3 aromatic rings. The van der Waals surface area contributed by atoms with Crippen molar-refractivity contribution in [2.45, 2.75) is 54.2 Å². The van der Waals surface area contributed by atoms with Crippen LogP contribution < -0.4 is 10.6 Å². The molecule has 3 heterocycles. The van der Waals surface area contributed by atoms with Gasteiger partial charge in [-0.25, -0.2) is 8.42 Å². The van der Waals surface area contributed by atoms with E-state index in [2.05, 4.69) is 10.3 Å². The van der Waals surface area contributed by atoms with E-state index >= 15 is 0 Å². The normalized spacial score (nSPS) is 22.7. The number of aromatic nitrogens is 1. The molecule has 7 nitrogen and oxygen atoms in total. The molecule has 0 spiro atoms. The van der Waals surface area contributed by atoms with Crippen molar-refractivity contribution in [3.8, 4) is 0 Å². The third-order valence-electron chi connectivity index (χ3n) is 7.14. The Balaban J connectivity index is 1.52. The van der Waals surface area contributed by atoms with Crippen LogP contribution in [0, 0.1) is 19.8 Å². The van der Waals surface area contributed by atoms with Crippen LogP contribution in [0.15, 0.2) is 70.7 Å². The zero-order valence-corrected chi connectivity index (χ0v) is 21.2. The maximum Gasteiger partial charge on any atom is 0.409 e. The number of alkyl halides is 3. The van der Waals surface area contributed by atoms with Crippen molar-refractivity contribution < 1.29 is 31.2 Å². The Morgan fingerprint density at radius 1 is 0.974 bits per heavy atom. The monoisotopic (exact) mass is 543 g/mol. The molecule has 198 valence electrons. The molecule has 0 bridgehead atoms. The largest absolute Gasteiger partial charge is 0.409 e. The van der Waals surface area contributed by atoms with E-state index in [4.69, 9.17) is 0 Å². The summed E-state index contributed by atoms with van der Waals surface area (Å²) in [6.45, 7) is 3.50. The second-order valence-electron chi connectivity index (χ2n) is 9.73. The van der Waals surface area contributed by atoms with E-state index in [0.29, 0.717) is 27.8 Å². The number of hydrogen-bond donors (Lipinski definition) is 2. The zero-order valence-electron chi connectivity index (χ0n) is 20.4. The Morgan fingerprint density at radius 2 is 1.53 bits per heavy atom. The highest BCUT2D eigenvalue weighted by Gasteiger charge is 2.52. The molecule has 5 rings (SSSR count). The lowest BCUT2D eigenvalue weighted by Crippen LogP contribution is -2.58. The van der Waals surface area contributed by atoms with Crippen LogP contribution in [0.4, 0.5) is 13.2 Å². The Bertz CT molecular complexity index is 1480. The van der Waals surface area contributed by atoms with Gasteiger partial charge in [0, 0.05) is 18.3 Å². The summed E-state index contributed by atoms with van der Waals surface area (Å²) in [7, 11) is -3.88. The minimum absolute atomic E-state index is 0.0424. The summed E-state index contributed by atoms with van der Waals surface area (Å²) in [6.07, 6.45) is -2.39. The Hall–Kier alpha value is -3.73. The average molecular weight is 544 g/mol. The SMILES string of the molecule is Cc1ccc2c(c1)S(=O)(=O)c1cc(C)ccc1C2NC(=O)C1CC(c2ccncc2)C(C(F)(F)F)NC1=O. The summed E-state index contributed by atoms with van der Waals surface area (Å²) in [6, 6.07) is 9.48. The third-order valence-corrected chi connectivity index (χ3v) is 9.00. The zero-order chi connectivity index (χ0) is 27.4. The molecule has 11 heteroatoms. The standard InChI is InChI=1S/C27H24F3N3O4S/c1-14-3-5-17-21(11-14)38(36,37)22-12-15(2)4-6-18(22)23(17)32-25(34)20-13-19(16-7-9-31-10-8-16)24(27(28,29)30)33-26(20)35/h3-12,19-20,23-24H,13H2,1-2H3,(H,32,34)(H,33,35). The highest BCUT2D eigenvalue weighted by Crippen LogP contribution is 2.43. The molecule has 3 unspecified atom stereocenters. The van der Waals surface area contributed by atoms with E-state index in [-0.39, 0.29) is 16.2 Å². The maximum atomic E-state index is 13.8. The number of amides is 2. The van der Waals surface area contributed by atoms with Crippen molar-refractivity contribution in [1.29, 1.82) is 0 Å². The van der Waals surface area contributed by atoms with Gasteiger partial charge in [0.2, 0.25) is 21.7 Å². The number of benzene rings is 2. The van der Waals surface area contributed by atoms with Gasteiger partial charge in [0.1, 0.15) is 12.0 Å². The summed E-state index contributed by atoms with van der Waals surface area (Å²) in [5.74, 6) is -4.45. The fourth-order valence-corrected chi connectivity index (χ4v) is 7.15.